The number of methoxy groups -OCH3 is 1. The quantitative estimate of drug-likeness (QED) is 0.807. The van der Waals surface area contributed by atoms with Crippen molar-refractivity contribution >= 4 is 12.4 Å². The minimum absolute atomic E-state index is 0. The van der Waals surface area contributed by atoms with Crippen LogP contribution in [0.3, 0.4) is 0 Å². The Morgan fingerprint density at radius 1 is 1.31 bits per heavy atom. The minimum Gasteiger partial charge on any atom is -0.494 e. The summed E-state index contributed by atoms with van der Waals surface area (Å²) in [6, 6.07) is 2.02. The van der Waals surface area contributed by atoms with Gasteiger partial charge in [0.2, 0.25) is 0 Å². The van der Waals surface area contributed by atoms with E-state index >= 15 is 0 Å². The minimum atomic E-state index is -0.598. The highest BCUT2D eigenvalue weighted by atomic mass is 35.5. The Kier molecular flexibility index (Phi) is 4.66. The standard InChI is InChI=1S/C8H9F2NO.ClH/c1-12-8-3-6(9)5(4-11)2-7(8)10;/h2-3H,4,11H2,1H3;1H. The van der Waals surface area contributed by atoms with Crippen molar-refractivity contribution in [3.8, 4) is 5.75 Å². The van der Waals surface area contributed by atoms with Crippen molar-refractivity contribution in [3.05, 3.63) is 29.3 Å². The number of rotatable bonds is 2. The summed E-state index contributed by atoms with van der Waals surface area (Å²) < 4.78 is 30.3. The number of ether oxygens (including phenoxy) is 1. The van der Waals surface area contributed by atoms with E-state index in [4.69, 9.17) is 5.73 Å². The lowest BCUT2D eigenvalue weighted by atomic mass is 10.2. The molecule has 0 saturated carbocycles. The first-order valence-corrected chi connectivity index (χ1v) is 3.41. The van der Waals surface area contributed by atoms with Gasteiger partial charge in [0.15, 0.2) is 11.6 Å². The third kappa shape index (κ3) is 2.54. The molecule has 0 atom stereocenters. The SMILES string of the molecule is COc1cc(F)c(CN)cc1F.Cl. The van der Waals surface area contributed by atoms with Crippen LogP contribution < -0.4 is 10.5 Å². The molecule has 0 heterocycles. The second-order valence-corrected chi connectivity index (χ2v) is 2.28. The van der Waals surface area contributed by atoms with Gasteiger partial charge in [0.25, 0.3) is 0 Å². The molecule has 0 aliphatic carbocycles. The Bertz CT molecular complexity index is 264. The molecule has 1 aromatic rings. The van der Waals surface area contributed by atoms with E-state index in [0.29, 0.717) is 0 Å². The van der Waals surface area contributed by atoms with Gasteiger partial charge in [-0.25, -0.2) is 8.78 Å². The van der Waals surface area contributed by atoms with E-state index in [1.54, 1.807) is 0 Å². The molecule has 1 aromatic carbocycles. The summed E-state index contributed by atoms with van der Waals surface area (Å²) in [6.07, 6.45) is 0. The molecule has 0 unspecified atom stereocenters. The van der Waals surface area contributed by atoms with Crippen LogP contribution in [0.25, 0.3) is 0 Å². The number of benzene rings is 1. The predicted octanol–water partition coefficient (Wildman–Crippen LogP) is 1.85. The van der Waals surface area contributed by atoms with Gasteiger partial charge in [0.1, 0.15) is 5.82 Å². The molecule has 0 amide bonds. The van der Waals surface area contributed by atoms with Crippen molar-refractivity contribution < 1.29 is 13.5 Å². The highest BCUT2D eigenvalue weighted by Gasteiger charge is 2.08. The summed E-state index contributed by atoms with van der Waals surface area (Å²) in [6.45, 7) is -0.0211. The van der Waals surface area contributed by atoms with Crippen molar-refractivity contribution in [2.24, 2.45) is 5.73 Å². The molecule has 2 N–H and O–H groups in total. The first-order chi connectivity index (χ1) is 5.69. The Hall–Kier alpha value is -0.870. The number of halogens is 3. The van der Waals surface area contributed by atoms with Crippen LogP contribution in [-0.2, 0) is 6.54 Å². The van der Waals surface area contributed by atoms with E-state index in [2.05, 4.69) is 4.74 Å². The third-order valence-corrected chi connectivity index (χ3v) is 1.54. The maximum atomic E-state index is 12.9. The fraction of sp³-hybridized carbons (Fsp3) is 0.250. The van der Waals surface area contributed by atoms with E-state index < -0.39 is 11.6 Å². The summed E-state index contributed by atoms with van der Waals surface area (Å²) in [7, 11) is 1.28. The lowest BCUT2D eigenvalue weighted by Gasteiger charge is -2.04. The summed E-state index contributed by atoms with van der Waals surface area (Å²) in [4.78, 5) is 0. The van der Waals surface area contributed by atoms with Gasteiger partial charge in [0.05, 0.1) is 7.11 Å². The molecule has 0 bridgehead atoms. The molecular weight excluding hydrogens is 200 g/mol. The van der Waals surface area contributed by atoms with Crippen molar-refractivity contribution in [1.82, 2.24) is 0 Å². The second-order valence-electron chi connectivity index (χ2n) is 2.28. The Labute approximate surface area is 81.1 Å². The highest BCUT2D eigenvalue weighted by Crippen LogP contribution is 2.20. The van der Waals surface area contributed by atoms with E-state index in [-0.39, 0.29) is 30.3 Å². The highest BCUT2D eigenvalue weighted by molar-refractivity contribution is 5.85. The van der Waals surface area contributed by atoms with Gasteiger partial charge in [0, 0.05) is 18.2 Å². The number of hydrogen-bond donors (Lipinski definition) is 1. The normalized spacial score (nSPS) is 9.23. The van der Waals surface area contributed by atoms with E-state index in [1.165, 1.54) is 7.11 Å². The van der Waals surface area contributed by atoms with E-state index in [1.807, 2.05) is 0 Å². The van der Waals surface area contributed by atoms with Gasteiger partial charge in [-0.15, -0.1) is 12.4 Å². The van der Waals surface area contributed by atoms with Crippen molar-refractivity contribution in [2.75, 3.05) is 7.11 Å². The van der Waals surface area contributed by atoms with Crippen LogP contribution in [0, 0.1) is 11.6 Å². The van der Waals surface area contributed by atoms with Gasteiger partial charge < -0.3 is 10.5 Å². The zero-order valence-corrected chi connectivity index (χ0v) is 7.83. The van der Waals surface area contributed by atoms with Crippen molar-refractivity contribution in [1.29, 1.82) is 0 Å². The molecule has 0 fully saturated rings. The van der Waals surface area contributed by atoms with Gasteiger partial charge in [-0.3, -0.25) is 0 Å². The summed E-state index contributed by atoms with van der Waals surface area (Å²) in [5.74, 6) is -1.25. The molecule has 0 saturated heterocycles. The lowest BCUT2D eigenvalue weighted by molar-refractivity contribution is 0.382. The molecule has 0 aliphatic rings. The first-order valence-electron chi connectivity index (χ1n) is 3.41. The zero-order chi connectivity index (χ0) is 9.14. The fourth-order valence-electron chi connectivity index (χ4n) is 0.883. The zero-order valence-electron chi connectivity index (χ0n) is 7.01. The molecule has 5 heteroatoms. The van der Waals surface area contributed by atoms with Crippen LogP contribution in [0.15, 0.2) is 12.1 Å². The molecule has 0 aromatic heterocycles. The van der Waals surface area contributed by atoms with Crippen LogP contribution >= 0.6 is 12.4 Å². The van der Waals surface area contributed by atoms with Crippen LogP contribution in [-0.4, -0.2) is 7.11 Å². The summed E-state index contributed by atoms with van der Waals surface area (Å²) in [5, 5.41) is 0. The third-order valence-electron chi connectivity index (χ3n) is 1.54. The van der Waals surface area contributed by atoms with Gasteiger partial charge in [-0.2, -0.15) is 0 Å². The molecule has 0 aliphatic heterocycles. The summed E-state index contributed by atoms with van der Waals surface area (Å²) in [5.41, 5.74) is 5.31. The lowest BCUT2D eigenvalue weighted by Crippen LogP contribution is -2.01. The van der Waals surface area contributed by atoms with Gasteiger partial charge >= 0.3 is 0 Å². The summed E-state index contributed by atoms with van der Waals surface area (Å²) >= 11 is 0. The monoisotopic (exact) mass is 209 g/mol. The Morgan fingerprint density at radius 2 is 1.92 bits per heavy atom. The Morgan fingerprint density at radius 3 is 2.38 bits per heavy atom. The van der Waals surface area contributed by atoms with Crippen LogP contribution in [0.4, 0.5) is 8.78 Å². The average molecular weight is 210 g/mol. The van der Waals surface area contributed by atoms with Crippen molar-refractivity contribution in [3.63, 3.8) is 0 Å². The van der Waals surface area contributed by atoms with Crippen molar-refractivity contribution in [2.45, 2.75) is 6.54 Å². The van der Waals surface area contributed by atoms with Gasteiger partial charge in [-0.1, -0.05) is 0 Å². The molecule has 0 radical (unpaired) electrons. The first kappa shape index (κ1) is 12.1. The molecule has 0 spiro atoms. The molecular formula is C8H10ClF2NO. The maximum Gasteiger partial charge on any atom is 0.165 e. The van der Waals surface area contributed by atoms with Crippen LogP contribution in [0.2, 0.25) is 0 Å². The molecule has 13 heavy (non-hydrogen) atoms. The Balaban J connectivity index is 0.00000144. The topological polar surface area (TPSA) is 35.2 Å². The molecule has 74 valence electrons. The predicted molar refractivity (Wildman–Crippen MR) is 48.0 cm³/mol. The molecule has 2 nitrogen and oxygen atoms in total. The number of nitrogens with two attached hydrogens (primary N) is 1. The largest absolute Gasteiger partial charge is 0.494 e. The van der Waals surface area contributed by atoms with E-state index in [0.717, 1.165) is 12.1 Å². The smallest absolute Gasteiger partial charge is 0.165 e. The van der Waals surface area contributed by atoms with E-state index in [9.17, 15) is 8.78 Å². The molecule has 1 rings (SSSR count). The average Bonchev–Trinajstić information content (AvgIpc) is 2.08. The second kappa shape index (κ2) is 4.99. The maximum absolute atomic E-state index is 12.9. The van der Waals surface area contributed by atoms with Gasteiger partial charge in [-0.05, 0) is 6.07 Å². The van der Waals surface area contributed by atoms with Crippen LogP contribution in [0.5, 0.6) is 5.75 Å². The van der Waals surface area contributed by atoms with Crippen LogP contribution in [0.1, 0.15) is 5.56 Å². The fourth-order valence-corrected chi connectivity index (χ4v) is 0.883. The number of hydrogen-bond acceptors (Lipinski definition) is 2.